The molecule has 0 aliphatic rings. The molecule has 0 fully saturated rings. The SMILES string of the molecule is C#CC(=O)N(Cc1ccccc1)c1ccc(C(CC(=O)OC)c2ccccc2NC(=O)OC)cc1. The van der Waals surface area contributed by atoms with Gasteiger partial charge in [0.25, 0.3) is 0 Å². The van der Waals surface area contributed by atoms with Crippen molar-refractivity contribution in [3.8, 4) is 12.3 Å². The molecule has 0 saturated heterocycles. The lowest BCUT2D eigenvalue weighted by Gasteiger charge is -2.23. The lowest BCUT2D eigenvalue weighted by atomic mass is 9.87. The number of anilines is 2. The molecule has 0 bridgehead atoms. The second-order valence-electron chi connectivity index (χ2n) is 7.65. The van der Waals surface area contributed by atoms with E-state index in [1.54, 1.807) is 24.3 Å². The first-order chi connectivity index (χ1) is 17.0. The molecule has 1 N–H and O–H groups in total. The molecule has 0 aromatic heterocycles. The highest BCUT2D eigenvalue weighted by Gasteiger charge is 2.23. The van der Waals surface area contributed by atoms with Gasteiger partial charge in [-0.1, -0.05) is 60.7 Å². The Kier molecular flexibility index (Phi) is 8.63. The molecule has 7 nitrogen and oxygen atoms in total. The van der Waals surface area contributed by atoms with Gasteiger partial charge < -0.3 is 9.47 Å². The number of terminal acetylenes is 1. The molecule has 1 atom stereocenters. The molecule has 0 saturated carbocycles. The predicted octanol–water partition coefficient (Wildman–Crippen LogP) is 4.73. The van der Waals surface area contributed by atoms with E-state index < -0.39 is 23.9 Å². The average molecular weight is 471 g/mol. The second-order valence-corrected chi connectivity index (χ2v) is 7.65. The molecule has 178 valence electrons. The number of esters is 1. The van der Waals surface area contributed by atoms with Crippen LogP contribution in [0.5, 0.6) is 0 Å². The number of hydrogen-bond acceptors (Lipinski definition) is 5. The molecule has 3 aromatic rings. The molecule has 0 spiro atoms. The van der Waals surface area contributed by atoms with Gasteiger partial charge in [-0.05, 0) is 40.8 Å². The van der Waals surface area contributed by atoms with Crippen LogP contribution >= 0.6 is 0 Å². The molecule has 7 heteroatoms. The summed E-state index contributed by atoms with van der Waals surface area (Å²) in [6.45, 7) is 0.320. The lowest BCUT2D eigenvalue weighted by molar-refractivity contribution is -0.140. The normalized spacial score (nSPS) is 11.0. The molecule has 35 heavy (non-hydrogen) atoms. The van der Waals surface area contributed by atoms with Gasteiger partial charge in [0.2, 0.25) is 0 Å². The van der Waals surface area contributed by atoms with Gasteiger partial charge in [-0.3, -0.25) is 19.8 Å². The minimum Gasteiger partial charge on any atom is -0.469 e. The van der Waals surface area contributed by atoms with Crippen LogP contribution in [-0.2, 0) is 25.6 Å². The van der Waals surface area contributed by atoms with Crippen LogP contribution < -0.4 is 10.2 Å². The summed E-state index contributed by atoms with van der Waals surface area (Å²) >= 11 is 0. The van der Waals surface area contributed by atoms with Crippen LogP contribution in [0.15, 0.2) is 78.9 Å². The zero-order valence-corrected chi connectivity index (χ0v) is 19.6. The van der Waals surface area contributed by atoms with Crippen LogP contribution in [0.25, 0.3) is 0 Å². The number of methoxy groups -OCH3 is 2. The smallest absolute Gasteiger partial charge is 0.411 e. The number of para-hydroxylation sites is 1. The molecule has 0 aliphatic heterocycles. The highest BCUT2D eigenvalue weighted by molar-refractivity contribution is 6.05. The van der Waals surface area contributed by atoms with Gasteiger partial charge >= 0.3 is 18.0 Å². The molecular weight excluding hydrogens is 444 g/mol. The molecule has 1 unspecified atom stereocenters. The zero-order chi connectivity index (χ0) is 25.2. The van der Waals surface area contributed by atoms with Gasteiger partial charge in [0.05, 0.1) is 27.2 Å². The molecule has 2 amide bonds. The summed E-state index contributed by atoms with van der Waals surface area (Å²) in [6, 6.07) is 23.9. The van der Waals surface area contributed by atoms with E-state index in [1.165, 1.54) is 19.1 Å². The first-order valence-corrected chi connectivity index (χ1v) is 10.9. The summed E-state index contributed by atoms with van der Waals surface area (Å²) in [4.78, 5) is 38.1. The van der Waals surface area contributed by atoms with Crippen LogP contribution in [0, 0.1) is 12.3 Å². The summed E-state index contributed by atoms with van der Waals surface area (Å²) in [5, 5.41) is 2.69. The van der Waals surface area contributed by atoms with E-state index in [9.17, 15) is 14.4 Å². The van der Waals surface area contributed by atoms with E-state index >= 15 is 0 Å². The maximum Gasteiger partial charge on any atom is 0.411 e. The van der Waals surface area contributed by atoms with Crippen molar-refractivity contribution >= 4 is 29.3 Å². The van der Waals surface area contributed by atoms with E-state index in [-0.39, 0.29) is 6.42 Å². The summed E-state index contributed by atoms with van der Waals surface area (Å²) in [5.74, 6) is 0.904. The quantitative estimate of drug-likeness (QED) is 0.380. The Labute approximate surface area is 204 Å². The molecule has 0 heterocycles. The third-order valence-corrected chi connectivity index (χ3v) is 5.52. The number of nitrogens with zero attached hydrogens (tertiary/aromatic N) is 1. The monoisotopic (exact) mass is 470 g/mol. The Bertz CT molecular complexity index is 1220. The van der Waals surface area contributed by atoms with Gasteiger partial charge in [-0.25, -0.2) is 4.79 Å². The fourth-order valence-electron chi connectivity index (χ4n) is 3.74. The van der Waals surface area contributed by atoms with E-state index in [2.05, 4.69) is 11.2 Å². The van der Waals surface area contributed by atoms with E-state index in [0.717, 1.165) is 16.7 Å². The number of hydrogen-bond donors (Lipinski definition) is 1. The summed E-state index contributed by atoms with van der Waals surface area (Å²) in [7, 11) is 2.61. The van der Waals surface area contributed by atoms with Crippen LogP contribution in [0.4, 0.5) is 16.2 Å². The fourth-order valence-corrected chi connectivity index (χ4v) is 3.74. The Balaban J connectivity index is 1.97. The van der Waals surface area contributed by atoms with E-state index in [4.69, 9.17) is 15.9 Å². The van der Waals surface area contributed by atoms with Crippen molar-refractivity contribution < 1.29 is 23.9 Å². The largest absolute Gasteiger partial charge is 0.469 e. The summed E-state index contributed by atoms with van der Waals surface area (Å²) in [6.07, 6.45) is 4.85. The number of ether oxygens (including phenoxy) is 2. The van der Waals surface area contributed by atoms with Crippen molar-refractivity contribution in [3.63, 3.8) is 0 Å². The molecular formula is C28H26N2O5. The molecule has 0 radical (unpaired) electrons. The second kappa shape index (κ2) is 12.1. The standard InChI is InChI=1S/C28H26N2O5/c1-4-26(31)30(19-20-10-6-5-7-11-20)22-16-14-21(15-17-22)24(18-27(32)34-2)23-12-8-9-13-25(23)29-28(33)35-3/h1,5-17,24H,18-19H2,2-3H3,(H,29,33). The topological polar surface area (TPSA) is 84.9 Å². The number of amides is 2. The van der Waals surface area contributed by atoms with Gasteiger partial charge in [-0.15, -0.1) is 6.42 Å². The van der Waals surface area contributed by atoms with Crippen LogP contribution in [-0.4, -0.2) is 32.2 Å². The van der Waals surface area contributed by atoms with Crippen LogP contribution in [0.3, 0.4) is 0 Å². The Morgan fingerprint density at radius 2 is 1.57 bits per heavy atom. The third-order valence-electron chi connectivity index (χ3n) is 5.52. The maximum absolute atomic E-state index is 12.5. The molecule has 3 rings (SSSR count). The van der Waals surface area contributed by atoms with Crippen molar-refractivity contribution in [2.24, 2.45) is 0 Å². The van der Waals surface area contributed by atoms with E-state index in [0.29, 0.717) is 17.9 Å². The average Bonchev–Trinajstić information content (AvgIpc) is 2.91. The number of benzene rings is 3. The fraction of sp³-hybridized carbons (Fsp3) is 0.179. The van der Waals surface area contributed by atoms with Crippen LogP contribution in [0.1, 0.15) is 29.0 Å². The van der Waals surface area contributed by atoms with E-state index in [1.807, 2.05) is 54.6 Å². The Morgan fingerprint density at radius 3 is 2.20 bits per heavy atom. The van der Waals surface area contributed by atoms with Gasteiger partial charge in [0.15, 0.2) is 0 Å². The highest BCUT2D eigenvalue weighted by atomic mass is 16.5. The first-order valence-electron chi connectivity index (χ1n) is 10.9. The van der Waals surface area contributed by atoms with Crippen molar-refractivity contribution in [1.82, 2.24) is 0 Å². The highest BCUT2D eigenvalue weighted by Crippen LogP contribution is 2.34. The third kappa shape index (κ3) is 6.49. The Hall–Kier alpha value is -4.57. The number of carbonyl (C=O) groups is 3. The Morgan fingerprint density at radius 1 is 0.914 bits per heavy atom. The van der Waals surface area contributed by atoms with Crippen molar-refractivity contribution in [2.75, 3.05) is 24.4 Å². The lowest BCUT2D eigenvalue weighted by Crippen LogP contribution is -2.29. The molecule has 3 aromatic carbocycles. The van der Waals surface area contributed by atoms with Crippen molar-refractivity contribution in [1.29, 1.82) is 0 Å². The number of carbonyl (C=O) groups excluding carboxylic acids is 3. The zero-order valence-electron chi connectivity index (χ0n) is 19.6. The minimum absolute atomic E-state index is 0.0483. The number of rotatable bonds is 8. The maximum atomic E-state index is 12.5. The summed E-state index contributed by atoms with van der Waals surface area (Å²) in [5.41, 5.74) is 3.60. The molecule has 0 aliphatic carbocycles. The van der Waals surface area contributed by atoms with Crippen molar-refractivity contribution in [2.45, 2.75) is 18.9 Å². The van der Waals surface area contributed by atoms with Crippen molar-refractivity contribution in [3.05, 3.63) is 95.6 Å². The number of nitrogens with one attached hydrogen (secondary N) is 1. The minimum atomic E-state index is -0.617. The summed E-state index contributed by atoms with van der Waals surface area (Å²) < 4.78 is 9.64. The van der Waals surface area contributed by atoms with Gasteiger partial charge in [-0.2, -0.15) is 0 Å². The van der Waals surface area contributed by atoms with Crippen LogP contribution in [0.2, 0.25) is 0 Å². The van der Waals surface area contributed by atoms with Gasteiger partial charge in [0, 0.05) is 17.3 Å². The van der Waals surface area contributed by atoms with Gasteiger partial charge in [0.1, 0.15) is 0 Å². The predicted molar refractivity (Wildman–Crippen MR) is 134 cm³/mol. The first kappa shape index (κ1) is 25.1.